The van der Waals surface area contributed by atoms with Gasteiger partial charge in [-0.05, 0) is 0 Å². The highest BCUT2D eigenvalue weighted by Crippen LogP contribution is 2.02. The van der Waals surface area contributed by atoms with Gasteiger partial charge in [0.1, 0.15) is 6.73 Å². The topological polar surface area (TPSA) is 82.6 Å². The molecule has 6 heteroatoms. The van der Waals surface area contributed by atoms with Crippen LogP contribution in [0.1, 0.15) is 0 Å². The van der Waals surface area contributed by atoms with Gasteiger partial charge in [0.05, 0.1) is 0 Å². The second kappa shape index (κ2) is 4.49. The fraction of sp³-hybridized carbons (Fsp3) is 0.667. The van der Waals surface area contributed by atoms with Crippen LogP contribution in [0.5, 0.6) is 0 Å². The van der Waals surface area contributed by atoms with Gasteiger partial charge in [0, 0.05) is 7.05 Å². The molecule has 0 bridgehead atoms. The van der Waals surface area contributed by atoms with Crippen LogP contribution < -0.4 is 5.73 Å². The Morgan fingerprint density at radius 2 is 2.56 bits per heavy atom. The molecule has 0 aliphatic carbocycles. The summed E-state index contributed by atoms with van der Waals surface area (Å²) in [6.07, 6.45) is 0. The van der Waals surface area contributed by atoms with Gasteiger partial charge < -0.3 is 20.1 Å². The minimum Gasteiger partial charge on any atom is -0.370 e. The number of nitrogens with zero attached hydrogens (tertiary/aromatic N) is 1. The second-order valence-corrected chi connectivity index (χ2v) is 1.92. The summed E-state index contributed by atoms with van der Waals surface area (Å²) in [5.41, 5.74) is 5.03. The Balaban J connectivity index is 3.27. The van der Waals surface area contributed by atoms with E-state index in [0.29, 0.717) is 0 Å². The minimum absolute atomic E-state index is 0.0757. The smallest absolute Gasteiger partial charge is 0.189 e. The van der Waals surface area contributed by atoms with Crippen LogP contribution in [0, 0.1) is 5.41 Å². The van der Waals surface area contributed by atoms with Crippen molar-refractivity contribution in [2.24, 2.45) is 5.73 Å². The molecule has 0 saturated carbocycles. The van der Waals surface area contributed by atoms with E-state index in [0.717, 1.165) is 0 Å². The third-order valence-corrected chi connectivity index (χ3v) is 0.992. The molecule has 0 rings (SSSR count). The van der Waals surface area contributed by atoms with E-state index >= 15 is 0 Å². The van der Waals surface area contributed by atoms with Crippen molar-refractivity contribution in [1.82, 2.24) is 4.90 Å². The van der Waals surface area contributed by atoms with E-state index < -0.39 is 9.03 Å². The van der Waals surface area contributed by atoms with E-state index in [2.05, 4.69) is 4.52 Å². The van der Waals surface area contributed by atoms with Crippen LogP contribution >= 0.6 is 9.03 Å². The Morgan fingerprint density at radius 3 is 2.89 bits per heavy atom. The van der Waals surface area contributed by atoms with Crippen molar-refractivity contribution in [3.8, 4) is 0 Å². The van der Waals surface area contributed by atoms with Gasteiger partial charge in [0.25, 0.3) is 0 Å². The molecule has 0 fully saturated rings. The first-order valence-corrected chi connectivity index (χ1v) is 3.10. The second-order valence-electron chi connectivity index (χ2n) is 1.45. The lowest BCUT2D eigenvalue weighted by Crippen LogP contribution is -2.33. The highest BCUT2D eigenvalue weighted by atomic mass is 31.1. The number of rotatable bonds is 3. The fourth-order valence-corrected chi connectivity index (χ4v) is 0.447. The van der Waals surface area contributed by atoms with Gasteiger partial charge in [0.15, 0.2) is 15.0 Å². The lowest BCUT2D eigenvalue weighted by Gasteiger charge is -2.14. The number of guanidine groups is 1. The summed E-state index contributed by atoms with van der Waals surface area (Å²) in [5, 5.41) is 6.82. The predicted octanol–water partition coefficient (Wildman–Crippen LogP) is -0.713. The van der Waals surface area contributed by atoms with Crippen LogP contribution in [-0.2, 0) is 4.52 Å². The molecule has 0 aliphatic rings. The lowest BCUT2D eigenvalue weighted by molar-refractivity contribution is 0.222. The van der Waals surface area contributed by atoms with Gasteiger partial charge in [-0.25, -0.2) is 0 Å². The molecule has 0 amide bonds. The Kier molecular flexibility index (Phi) is 4.30. The summed E-state index contributed by atoms with van der Waals surface area (Å²) < 4.78 is 4.54. The molecular formula is C3H10N3O2P. The van der Waals surface area contributed by atoms with E-state index in [4.69, 9.17) is 16.0 Å². The molecule has 0 radical (unpaired) electrons. The standard InChI is InChI=1S/C3H10N3O2P/c1-6(3(4)5)2-8-9-7/h7,9H,2H2,1H3,(H3,4,5). The Labute approximate surface area is 55.3 Å². The van der Waals surface area contributed by atoms with Gasteiger partial charge in [-0.3, -0.25) is 5.41 Å². The van der Waals surface area contributed by atoms with Gasteiger partial charge in [-0.15, -0.1) is 0 Å². The number of hydrogen-bond acceptors (Lipinski definition) is 3. The molecule has 54 valence electrons. The Morgan fingerprint density at radius 1 is 2.00 bits per heavy atom. The van der Waals surface area contributed by atoms with Crippen molar-refractivity contribution in [2.75, 3.05) is 13.8 Å². The fourth-order valence-electron chi connectivity index (χ4n) is 0.195. The Bertz CT molecular complexity index is 99.1. The summed E-state index contributed by atoms with van der Waals surface area (Å²) in [6.45, 7) is 0.157. The van der Waals surface area contributed by atoms with E-state index in [-0.39, 0.29) is 12.7 Å². The van der Waals surface area contributed by atoms with E-state index in [1.165, 1.54) is 4.90 Å². The summed E-state index contributed by atoms with van der Waals surface area (Å²) in [4.78, 5) is 9.53. The zero-order chi connectivity index (χ0) is 7.28. The molecule has 9 heavy (non-hydrogen) atoms. The van der Waals surface area contributed by atoms with E-state index in [9.17, 15) is 0 Å². The summed E-state index contributed by atoms with van der Waals surface area (Å²) in [5.74, 6) is -0.0757. The van der Waals surface area contributed by atoms with Crippen LogP contribution in [0.25, 0.3) is 0 Å². The SMILES string of the molecule is CN(COPO)C(=N)N. The van der Waals surface area contributed by atoms with Crippen molar-refractivity contribution < 1.29 is 9.42 Å². The highest BCUT2D eigenvalue weighted by Gasteiger charge is 1.96. The number of nitrogens with one attached hydrogen (secondary N) is 1. The normalized spacial score (nSPS) is 10.4. The first-order valence-electron chi connectivity index (χ1n) is 2.24. The van der Waals surface area contributed by atoms with Gasteiger partial charge in [0.2, 0.25) is 0 Å². The number of hydrogen-bond donors (Lipinski definition) is 3. The summed E-state index contributed by atoms with van der Waals surface area (Å²) in [7, 11) is 1.05. The first kappa shape index (κ1) is 8.62. The maximum atomic E-state index is 8.16. The average molecular weight is 151 g/mol. The van der Waals surface area contributed by atoms with Crippen LogP contribution in [0.3, 0.4) is 0 Å². The number of nitrogens with two attached hydrogens (primary N) is 1. The highest BCUT2D eigenvalue weighted by molar-refractivity contribution is 7.24. The monoisotopic (exact) mass is 151 g/mol. The van der Waals surface area contributed by atoms with Crippen LogP contribution in [0.15, 0.2) is 0 Å². The maximum absolute atomic E-state index is 8.16. The third-order valence-electron chi connectivity index (χ3n) is 0.734. The molecule has 1 atom stereocenters. The van der Waals surface area contributed by atoms with Crippen molar-refractivity contribution >= 4 is 15.0 Å². The molecule has 0 saturated heterocycles. The van der Waals surface area contributed by atoms with Crippen molar-refractivity contribution in [2.45, 2.75) is 0 Å². The predicted molar refractivity (Wildman–Crippen MR) is 36.2 cm³/mol. The van der Waals surface area contributed by atoms with Crippen molar-refractivity contribution in [1.29, 1.82) is 5.41 Å². The van der Waals surface area contributed by atoms with Crippen LogP contribution in [0.2, 0.25) is 0 Å². The van der Waals surface area contributed by atoms with E-state index in [1.807, 2.05) is 0 Å². The summed E-state index contributed by atoms with van der Waals surface area (Å²) in [6, 6.07) is 0. The molecule has 1 unspecified atom stereocenters. The molecule has 5 nitrogen and oxygen atoms in total. The zero-order valence-corrected chi connectivity index (χ0v) is 6.09. The molecule has 0 aromatic carbocycles. The van der Waals surface area contributed by atoms with Crippen LogP contribution in [-0.4, -0.2) is 29.5 Å². The van der Waals surface area contributed by atoms with Crippen molar-refractivity contribution in [3.05, 3.63) is 0 Å². The molecule has 0 aliphatic heterocycles. The first-order chi connectivity index (χ1) is 4.18. The molecular weight excluding hydrogens is 141 g/mol. The average Bonchev–Trinajstić information content (AvgIpc) is 1.82. The molecule has 0 heterocycles. The molecule has 0 aromatic rings. The maximum Gasteiger partial charge on any atom is 0.189 e. The minimum atomic E-state index is -0.551. The van der Waals surface area contributed by atoms with Gasteiger partial charge in [-0.1, -0.05) is 0 Å². The van der Waals surface area contributed by atoms with Gasteiger partial charge in [-0.2, -0.15) is 0 Å². The third kappa shape index (κ3) is 4.14. The molecule has 0 spiro atoms. The molecule has 4 N–H and O–H groups in total. The van der Waals surface area contributed by atoms with Gasteiger partial charge >= 0.3 is 0 Å². The lowest BCUT2D eigenvalue weighted by atomic mass is 10.8. The van der Waals surface area contributed by atoms with E-state index in [1.54, 1.807) is 7.05 Å². The quantitative estimate of drug-likeness (QED) is 0.215. The zero-order valence-electron chi connectivity index (χ0n) is 5.09. The van der Waals surface area contributed by atoms with Crippen LogP contribution in [0.4, 0.5) is 0 Å². The Hall–Kier alpha value is -0.380. The largest absolute Gasteiger partial charge is 0.370 e. The summed E-state index contributed by atoms with van der Waals surface area (Å²) >= 11 is 0. The van der Waals surface area contributed by atoms with Crippen molar-refractivity contribution in [3.63, 3.8) is 0 Å². The molecule has 0 aromatic heterocycles.